The summed E-state index contributed by atoms with van der Waals surface area (Å²) in [6.45, 7) is 11.2. The van der Waals surface area contributed by atoms with Gasteiger partial charge in [0, 0.05) is 66.4 Å². The van der Waals surface area contributed by atoms with Crippen LogP contribution in [-0.2, 0) is 16.8 Å². The van der Waals surface area contributed by atoms with Crippen molar-refractivity contribution in [3.05, 3.63) is 94.8 Å². The zero-order valence-electron chi connectivity index (χ0n) is 28.7. The van der Waals surface area contributed by atoms with E-state index in [0.717, 1.165) is 54.2 Å². The molecule has 13 heteroatoms. The summed E-state index contributed by atoms with van der Waals surface area (Å²) in [6, 6.07) is 18.8. The zero-order chi connectivity index (χ0) is 35.3. The number of nitrogens with zero attached hydrogens (tertiary/aromatic N) is 6. The molecule has 4 aromatic rings. The Hall–Kier alpha value is -4.53. The molecule has 264 valence electrons. The lowest BCUT2D eigenvalue weighted by atomic mass is 9.74. The summed E-state index contributed by atoms with van der Waals surface area (Å²) in [5, 5.41) is 50.1. The molecule has 1 fully saturated rings. The van der Waals surface area contributed by atoms with E-state index in [9.17, 15) is 25.2 Å². The fourth-order valence-corrected chi connectivity index (χ4v) is 7.89. The van der Waals surface area contributed by atoms with Crippen LogP contribution in [0.2, 0.25) is 0 Å². The highest BCUT2D eigenvalue weighted by Crippen LogP contribution is 2.58. The van der Waals surface area contributed by atoms with Gasteiger partial charge in [0.1, 0.15) is 47.1 Å². The molecule has 1 spiro atoms. The molecule has 0 radical (unpaired) electrons. The Kier molecular flexibility index (Phi) is 9.03. The molecule has 13 nitrogen and oxygen atoms in total. The normalized spacial score (nSPS) is 23.3. The molecule has 1 amide bonds. The maximum absolute atomic E-state index is 14.6. The fraction of sp³-hybridized carbons (Fsp3) is 0.432. The van der Waals surface area contributed by atoms with Crippen molar-refractivity contribution in [2.24, 2.45) is 0 Å². The molecule has 0 saturated carbocycles. The van der Waals surface area contributed by atoms with Crippen LogP contribution in [0.15, 0.2) is 66.9 Å². The van der Waals surface area contributed by atoms with Gasteiger partial charge in [0.05, 0.1) is 19.3 Å². The molecule has 3 aliphatic heterocycles. The number of aliphatic hydroxyl groups is 4. The molecule has 1 saturated heterocycles. The van der Waals surface area contributed by atoms with Gasteiger partial charge in [-0.05, 0) is 51.5 Å². The lowest BCUT2D eigenvalue weighted by Crippen LogP contribution is -2.56. The number of amides is 1. The average molecular weight is 685 g/mol. The van der Waals surface area contributed by atoms with E-state index in [4.69, 9.17) is 9.47 Å². The van der Waals surface area contributed by atoms with Gasteiger partial charge in [-0.1, -0.05) is 35.5 Å². The lowest BCUT2D eigenvalue weighted by molar-refractivity contribution is -0.265. The van der Waals surface area contributed by atoms with Crippen molar-refractivity contribution >= 4 is 17.3 Å². The van der Waals surface area contributed by atoms with Crippen molar-refractivity contribution in [3.63, 3.8) is 0 Å². The Labute approximate surface area is 290 Å². The summed E-state index contributed by atoms with van der Waals surface area (Å²) in [4.78, 5) is 20.9. The van der Waals surface area contributed by atoms with Gasteiger partial charge in [-0.15, -0.1) is 5.10 Å². The second kappa shape index (κ2) is 13.3. The first-order valence-electron chi connectivity index (χ1n) is 17.3. The minimum absolute atomic E-state index is 0.0174. The summed E-state index contributed by atoms with van der Waals surface area (Å²) in [5.41, 5.74) is 4.31. The molecule has 3 aliphatic rings. The van der Waals surface area contributed by atoms with Crippen LogP contribution in [0.4, 0.5) is 11.4 Å². The number of aromatic nitrogens is 3. The number of hydrogen-bond acceptors (Lipinski definition) is 11. The van der Waals surface area contributed by atoms with Gasteiger partial charge in [-0.2, -0.15) is 0 Å². The Bertz CT molecular complexity index is 1810. The lowest BCUT2D eigenvalue weighted by Gasteiger charge is -2.44. The molecule has 4 N–H and O–H groups in total. The molecule has 0 bridgehead atoms. The Morgan fingerprint density at radius 2 is 1.42 bits per heavy atom. The van der Waals surface area contributed by atoms with Gasteiger partial charge in [0.25, 0.3) is 5.91 Å². The molecule has 50 heavy (non-hydrogen) atoms. The summed E-state index contributed by atoms with van der Waals surface area (Å²) >= 11 is 0. The maximum atomic E-state index is 14.6. The zero-order valence-corrected chi connectivity index (χ0v) is 28.7. The Morgan fingerprint density at radius 1 is 0.820 bits per heavy atom. The van der Waals surface area contributed by atoms with Gasteiger partial charge in [-0.3, -0.25) is 4.79 Å². The third-order valence-corrected chi connectivity index (χ3v) is 10.4. The van der Waals surface area contributed by atoms with Crippen molar-refractivity contribution in [1.29, 1.82) is 0 Å². The first-order valence-corrected chi connectivity index (χ1v) is 17.3. The van der Waals surface area contributed by atoms with E-state index in [-0.39, 0.29) is 12.5 Å². The van der Waals surface area contributed by atoms with Gasteiger partial charge in [0.15, 0.2) is 6.29 Å². The van der Waals surface area contributed by atoms with Crippen LogP contribution >= 0.6 is 0 Å². The van der Waals surface area contributed by atoms with Crippen molar-refractivity contribution in [2.45, 2.75) is 70.4 Å². The van der Waals surface area contributed by atoms with E-state index < -0.39 is 42.8 Å². The third kappa shape index (κ3) is 5.14. The van der Waals surface area contributed by atoms with Crippen LogP contribution in [0.1, 0.15) is 66.5 Å². The molecular formula is C37H44N6O7. The van der Waals surface area contributed by atoms with Crippen LogP contribution < -0.4 is 14.5 Å². The molecule has 5 atom stereocenters. The summed E-state index contributed by atoms with van der Waals surface area (Å²) in [6.07, 6.45) is -4.15. The number of ether oxygens (including phenoxy) is 2. The second-order valence-electron chi connectivity index (χ2n) is 12.9. The standard InChI is InChI=1S/C37H44N6O7/c1-5-40(6-2)23-13-15-27-29(17-23)49-30-18-24(41(7-3)8-4)14-16-28(30)37(27)26-12-10-9-11-25(26)35(47)42(37)19-22-20-43(39-38-22)32-34(46)33(45)31(21-44)50-36(32)48/h9-18,20,31-34,36,44-46,48H,5-8,19,21H2,1-4H3. The van der Waals surface area contributed by atoms with Crippen LogP contribution in [0, 0.1) is 0 Å². The van der Waals surface area contributed by atoms with Gasteiger partial charge >= 0.3 is 0 Å². The van der Waals surface area contributed by atoms with E-state index >= 15 is 0 Å². The van der Waals surface area contributed by atoms with E-state index in [2.05, 4.69) is 72.1 Å². The van der Waals surface area contributed by atoms with Crippen molar-refractivity contribution in [1.82, 2.24) is 19.9 Å². The third-order valence-electron chi connectivity index (χ3n) is 10.4. The van der Waals surface area contributed by atoms with E-state index in [1.54, 1.807) is 4.90 Å². The molecular weight excluding hydrogens is 640 g/mol. The summed E-state index contributed by atoms with van der Waals surface area (Å²) in [5.74, 6) is 1.10. The van der Waals surface area contributed by atoms with Crippen molar-refractivity contribution in [3.8, 4) is 11.5 Å². The van der Waals surface area contributed by atoms with Crippen LogP contribution in [0.3, 0.4) is 0 Å². The molecule has 0 aliphatic carbocycles. The highest BCUT2D eigenvalue weighted by molar-refractivity contribution is 6.02. The van der Waals surface area contributed by atoms with E-state index in [1.807, 2.05) is 36.4 Å². The monoisotopic (exact) mass is 684 g/mol. The molecule has 7 rings (SSSR count). The summed E-state index contributed by atoms with van der Waals surface area (Å²) < 4.78 is 13.4. The van der Waals surface area contributed by atoms with Crippen LogP contribution in [-0.4, -0.2) is 104 Å². The predicted molar refractivity (Wildman–Crippen MR) is 185 cm³/mol. The molecule has 1 aromatic heterocycles. The highest BCUT2D eigenvalue weighted by Gasteiger charge is 2.56. The number of benzene rings is 3. The van der Waals surface area contributed by atoms with Crippen LogP contribution in [0.25, 0.3) is 0 Å². The first kappa shape index (κ1) is 33.9. The Balaban J connectivity index is 1.38. The summed E-state index contributed by atoms with van der Waals surface area (Å²) in [7, 11) is 0. The van der Waals surface area contributed by atoms with Gasteiger partial charge in [-0.25, -0.2) is 4.68 Å². The molecule has 4 heterocycles. The number of rotatable bonds is 10. The second-order valence-corrected chi connectivity index (χ2v) is 12.9. The number of carbonyl (C=O) groups is 1. The molecule has 3 aromatic carbocycles. The largest absolute Gasteiger partial charge is 0.456 e. The van der Waals surface area contributed by atoms with Gasteiger partial charge < -0.3 is 44.6 Å². The minimum atomic E-state index is -1.57. The van der Waals surface area contributed by atoms with E-state index in [1.165, 1.54) is 10.9 Å². The van der Waals surface area contributed by atoms with Gasteiger partial charge in [0.2, 0.25) is 0 Å². The number of anilines is 2. The number of aliphatic hydroxyl groups excluding tert-OH is 4. The van der Waals surface area contributed by atoms with E-state index in [0.29, 0.717) is 22.8 Å². The SMILES string of the molecule is CCN(CC)c1ccc2c(c1)Oc1cc(N(CC)CC)ccc1C21c2ccccc2C(=O)N1Cc1cn(C2C(O)OC(CO)C(O)C2O)nn1. The highest BCUT2D eigenvalue weighted by atomic mass is 16.6. The predicted octanol–water partition coefficient (Wildman–Crippen LogP) is 3.00. The Morgan fingerprint density at radius 3 is 2.00 bits per heavy atom. The van der Waals surface area contributed by atoms with Crippen LogP contribution in [0.5, 0.6) is 11.5 Å². The fourth-order valence-electron chi connectivity index (χ4n) is 7.89. The minimum Gasteiger partial charge on any atom is -0.456 e. The number of fused-ring (bicyclic) bond motifs is 6. The topological polar surface area (TPSA) is 157 Å². The van der Waals surface area contributed by atoms with Crippen molar-refractivity contribution in [2.75, 3.05) is 42.6 Å². The quantitative estimate of drug-likeness (QED) is 0.195. The smallest absolute Gasteiger partial charge is 0.255 e. The maximum Gasteiger partial charge on any atom is 0.255 e. The first-order chi connectivity index (χ1) is 24.2. The number of hydrogen-bond donors (Lipinski definition) is 4. The van der Waals surface area contributed by atoms with Crippen molar-refractivity contribution < 1.29 is 34.7 Å². The molecule has 5 unspecified atom stereocenters. The number of carbonyl (C=O) groups excluding carboxylic acids is 1. The average Bonchev–Trinajstić information content (AvgIpc) is 3.68.